The predicted octanol–water partition coefficient (Wildman–Crippen LogP) is 3.09. The molecule has 1 nitrogen and oxygen atoms in total. The number of thiophene rings is 1. The van der Waals surface area contributed by atoms with Gasteiger partial charge in [0, 0.05) is 29.4 Å². The number of allylic oxidation sites excluding steroid dienone is 1. The van der Waals surface area contributed by atoms with E-state index in [9.17, 15) is 0 Å². The lowest BCUT2D eigenvalue weighted by Gasteiger charge is -2.43. The minimum absolute atomic E-state index is 0.336. The molecule has 2 bridgehead atoms. The van der Waals surface area contributed by atoms with Crippen molar-refractivity contribution in [1.82, 2.24) is 4.90 Å². The molecule has 1 aromatic heterocycles. The van der Waals surface area contributed by atoms with Gasteiger partial charge in [0.2, 0.25) is 0 Å². The molecule has 0 spiro atoms. The molecule has 0 aromatic carbocycles. The smallest absolute Gasteiger partial charge is 0.0403 e. The van der Waals surface area contributed by atoms with Crippen LogP contribution in [-0.2, 0) is 12.0 Å². The molecule has 4 rings (SSSR count). The zero-order chi connectivity index (χ0) is 10.8. The van der Waals surface area contributed by atoms with E-state index in [2.05, 4.69) is 35.1 Å². The first kappa shape index (κ1) is 9.20. The summed E-state index contributed by atoms with van der Waals surface area (Å²) in [5.41, 5.74) is 3.20. The van der Waals surface area contributed by atoms with Crippen LogP contribution in [0.1, 0.15) is 23.3 Å². The Morgan fingerprint density at radius 2 is 2.44 bits per heavy atom. The molecule has 0 radical (unpaired) electrons. The van der Waals surface area contributed by atoms with E-state index in [1.165, 1.54) is 18.5 Å². The van der Waals surface area contributed by atoms with E-state index in [1.807, 2.05) is 11.3 Å². The second-order valence-corrected chi connectivity index (χ2v) is 6.16. The summed E-state index contributed by atoms with van der Waals surface area (Å²) in [5, 5.41) is 2.26. The first-order valence-corrected chi connectivity index (χ1v) is 6.85. The van der Waals surface area contributed by atoms with Crippen molar-refractivity contribution in [2.75, 3.05) is 6.54 Å². The van der Waals surface area contributed by atoms with Crippen molar-refractivity contribution >= 4 is 11.3 Å². The van der Waals surface area contributed by atoms with Gasteiger partial charge in [-0.3, -0.25) is 4.90 Å². The van der Waals surface area contributed by atoms with E-state index in [-0.39, 0.29) is 0 Å². The van der Waals surface area contributed by atoms with E-state index in [4.69, 9.17) is 0 Å². The Morgan fingerprint density at radius 1 is 1.50 bits per heavy atom. The lowest BCUT2D eigenvalue weighted by Crippen LogP contribution is -2.46. The molecule has 1 saturated heterocycles. The molecule has 3 aliphatic rings. The number of nitrogens with zero attached hydrogens (tertiary/aromatic N) is 1. The van der Waals surface area contributed by atoms with Crippen LogP contribution in [0.25, 0.3) is 0 Å². The molecule has 1 unspecified atom stereocenters. The molecule has 0 N–H and O–H groups in total. The van der Waals surface area contributed by atoms with Gasteiger partial charge in [-0.25, -0.2) is 0 Å². The van der Waals surface area contributed by atoms with Crippen molar-refractivity contribution in [1.29, 1.82) is 0 Å². The fraction of sp³-hybridized carbons (Fsp3) is 0.429. The van der Waals surface area contributed by atoms with Gasteiger partial charge < -0.3 is 0 Å². The van der Waals surface area contributed by atoms with E-state index < -0.39 is 0 Å². The second-order valence-electron chi connectivity index (χ2n) is 5.25. The fourth-order valence-corrected chi connectivity index (χ4v) is 4.86. The zero-order valence-corrected chi connectivity index (χ0v) is 10.1. The molecule has 82 valence electrons. The standard InChI is InChI=1S/C14H15NS/c1-10-2-4-14-5-6-15(12(14)8-10)9-11-3-7-16-13(11)14/h2-4,7,12H,1,5-6,8-9H2/t12-,14+/m0/s1. The molecule has 3 heterocycles. The Hall–Kier alpha value is -0.860. The van der Waals surface area contributed by atoms with Crippen molar-refractivity contribution in [2.45, 2.75) is 30.8 Å². The maximum Gasteiger partial charge on any atom is 0.0403 e. The summed E-state index contributed by atoms with van der Waals surface area (Å²) >= 11 is 1.95. The summed E-state index contributed by atoms with van der Waals surface area (Å²) in [6, 6.07) is 3.00. The molecular weight excluding hydrogens is 214 g/mol. The van der Waals surface area contributed by atoms with Crippen LogP contribution < -0.4 is 0 Å². The van der Waals surface area contributed by atoms with Crippen molar-refractivity contribution in [3.8, 4) is 0 Å². The maximum absolute atomic E-state index is 4.13. The van der Waals surface area contributed by atoms with Crippen LogP contribution in [0.5, 0.6) is 0 Å². The van der Waals surface area contributed by atoms with E-state index >= 15 is 0 Å². The van der Waals surface area contributed by atoms with Gasteiger partial charge in [0.05, 0.1) is 0 Å². The van der Waals surface area contributed by atoms with Gasteiger partial charge in [0.25, 0.3) is 0 Å². The van der Waals surface area contributed by atoms with Crippen LogP contribution in [0.2, 0.25) is 0 Å². The molecule has 1 fully saturated rings. The number of rotatable bonds is 0. The lowest BCUT2D eigenvalue weighted by atomic mass is 9.70. The molecule has 1 aliphatic carbocycles. The summed E-state index contributed by atoms with van der Waals surface area (Å²) in [6.45, 7) is 6.54. The summed E-state index contributed by atoms with van der Waals surface area (Å²) < 4.78 is 0. The Labute approximate surface area is 100 Å². The largest absolute Gasteiger partial charge is 0.294 e. The highest BCUT2D eigenvalue weighted by molar-refractivity contribution is 7.10. The molecule has 0 saturated carbocycles. The van der Waals surface area contributed by atoms with Crippen LogP contribution >= 0.6 is 11.3 Å². The Morgan fingerprint density at radius 3 is 3.38 bits per heavy atom. The third kappa shape index (κ3) is 0.950. The Bertz CT molecular complexity index is 499. The third-order valence-electron chi connectivity index (χ3n) is 4.46. The fourth-order valence-electron chi connectivity index (χ4n) is 3.68. The van der Waals surface area contributed by atoms with Crippen LogP contribution in [-0.4, -0.2) is 17.5 Å². The minimum atomic E-state index is 0.336. The summed E-state index contributed by atoms with van der Waals surface area (Å²) in [4.78, 5) is 4.29. The average molecular weight is 229 g/mol. The van der Waals surface area contributed by atoms with E-state index in [0.717, 1.165) is 13.0 Å². The van der Waals surface area contributed by atoms with Crippen molar-refractivity contribution in [3.63, 3.8) is 0 Å². The van der Waals surface area contributed by atoms with Crippen LogP contribution in [0, 0.1) is 0 Å². The highest BCUT2D eigenvalue weighted by Gasteiger charge is 2.52. The van der Waals surface area contributed by atoms with E-state index in [0.29, 0.717) is 11.5 Å². The van der Waals surface area contributed by atoms with Gasteiger partial charge in [-0.15, -0.1) is 11.3 Å². The molecule has 3 atom stereocenters. The Balaban J connectivity index is 1.97. The summed E-state index contributed by atoms with van der Waals surface area (Å²) in [7, 11) is 0. The number of hydrogen-bond acceptors (Lipinski definition) is 2. The maximum atomic E-state index is 4.13. The topological polar surface area (TPSA) is 3.24 Å². The molecule has 2 heteroatoms. The van der Waals surface area contributed by atoms with Crippen LogP contribution in [0.3, 0.4) is 0 Å². The number of fused-ring (bicyclic) bond motifs is 1. The van der Waals surface area contributed by atoms with Crippen molar-refractivity contribution < 1.29 is 0 Å². The highest BCUT2D eigenvalue weighted by atomic mass is 32.1. The van der Waals surface area contributed by atoms with Crippen molar-refractivity contribution in [3.05, 3.63) is 46.2 Å². The molecule has 0 amide bonds. The van der Waals surface area contributed by atoms with Crippen LogP contribution in [0.4, 0.5) is 0 Å². The SMILES string of the molecule is C=C1C=C[C@]23CCN(Cc4ccsc42)[C@H]3C1. The third-order valence-corrected chi connectivity index (χ3v) is 5.61. The molecule has 16 heavy (non-hydrogen) atoms. The lowest BCUT2D eigenvalue weighted by molar-refractivity contribution is 0.196. The normalized spacial score (nSPS) is 39.6. The zero-order valence-electron chi connectivity index (χ0n) is 9.28. The highest BCUT2D eigenvalue weighted by Crippen LogP contribution is 2.53. The molecule has 2 aliphatic heterocycles. The van der Waals surface area contributed by atoms with E-state index in [1.54, 1.807) is 10.4 Å². The summed E-state index contributed by atoms with van der Waals surface area (Å²) in [5.74, 6) is 0. The Kier molecular flexibility index (Phi) is 1.65. The van der Waals surface area contributed by atoms with Gasteiger partial charge in [-0.2, -0.15) is 0 Å². The molecule has 1 aromatic rings. The van der Waals surface area contributed by atoms with Gasteiger partial charge in [-0.1, -0.05) is 24.3 Å². The average Bonchev–Trinajstić information content (AvgIpc) is 2.84. The minimum Gasteiger partial charge on any atom is -0.294 e. The predicted molar refractivity (Wildman–Crippen MR) is 67.7 cm³/mol. The van der Waals surface area contributed by atoms with Crippen LogP contribution in [0.15, 0.2) is 35.8 Å². The second kappa shape index (κ2) is 2.88. The van der Waals surface area contributed by atoms with Gasteiger partial charge >= 0.3 is 0 Å². The monoisotopic (exact) mass is 229 g/mol. The quantitative estimate of drug-likeness (QED) is 0.661. The first-order chi connectivity index (χ1) is 7.79. The van der Waals surface area contributed by atoms with Crippen molar-refractivity contribution in [2.24, 2.45) is 0 Å². The number of hydrogen-bond donors (Lipinski definition) is 0. The van der Waals surface area contributed by atoms with Gasteiger partial charge in [0.15, 0.2) is 0 Å². The van der Waals surface area contributed by atoms with Gasteiger partial charge in [0.1, 0.15) is 0 Å². The first-order valence-electron chi connectivity index (χ1n) is 5.97. The van der Waals surface area contributed by atoms with Gasteiger partial charge in [-0.05, 0) is 29.9 Å². The molecular formula is C14H15NS. The summed E-state index contributed by atoms with van der Waals surface area (Å²) in [6.07, 6.45) is 7.16.